The summed E-state index contributed by atoms with van der Waals surface area (Å²) in [6.07, 6.45) is 4.33. The number of benzene rings is 1. The van der Waals surface area contributed by atoms with E-state index >= 15 is 0 Å². The number of anilines is 1. The van der Waals surface area contributed by atoms with Crippen molar-refractivity contribution in [2.45, 2.75) is 19.9 Å². The van der Waals surface area contributed by atoms with E-state index in [1.165, 1.54) is 0 Å². The summed E-state index contributed by atoms with van der Waals surface area (Å²) in [5, 5.41) is 13.0. The summed E-state index contributed by atoms with van der Waals surface area (Å²) in [7, 11) is 1.98. The van der Waals surface area contributed by atoms with E-state index in [1.807, 2.05) is 37.4 Å². The first-order valence-corrected chi connectivity index (χ1v) is 9.18. The molecule has 0 aliphatic rings. The molecule has 1 aromatic carbocycles. The molecule has 6 heteroatoms. The fourth-order valence-corrected chi connectivity index (χ4v) is 2.96. The van der Waals surface area contributed by atoms with E-state index in [0.29, 0.717) is 12.1 Å². The minimum atomic E-state index is -0.313. The predicted octanol–water partition coefficient (Wildman–Crippen LogP) is 3.10. The van der Waals surface area contributed by atoms with Crippen LogP contribution in [0.5, 0.6) is 5.75 Å². The van der Waals surface area contributed by atoms with Crippen LogP contribution in [0, 0.1) is 6.92 Å². The normalized spacial score (nSPS) is 10.5. The van der Waals surface area contributed by atoms with E-state index in [9.17, 15) is 9.90 Å². The third-order valence-electron chi connectivity index (χ3n) is 4.58. The van der Waals surface area contributed by atoms with Crippen molar-refractivity contribution < 1.29 is 9.90 Å². The Balaban J connectivity index is 1.66. The number of amides is 1. The second-order valence-electron chi connectivity index (χ2n) is 6.63. The van der Waals surface area contributed by atoms with Gasteiger partial charge >= 0.3 is 0 Å². The van der Waals surface area contributed by atoms with Crippen molar-refractivity contribution >= 4 is 11.7 Å². The SMILES string of the molecule is Cc1cccc(C(=O)NCc2cccnc2N(C)CCc2ccccn2)c1O. The molecular weight excluding hydrogens is 352 g/mol. The first kappa shape index (κ1) is 19.4. The molecule has 2 heterocycles. The van der Waals surface area contributed by atoms with E-state index < -0.39 is 0 Å². The molecule has 6 nitrogen and oxygen atoms in total. The van der Waals surface area contributed by atoms with Gasteiger partial charge in [-0.3, -0.25) is 9.78 Å². The summed E-state index contributed by atoms with van der Waals surface area (Å²) < 4.78 is 0. The Kier molecular flexibility index (Phi) is 6.22. The topological polar surface area (TPSA) is 78.4 Å². The van der Waals surface area contributed by atoms with Crippen molar-refractivity contribution in [3.63, 3.8) is 0 Å². The van der Waals surface area contributed by atoms with Crippen molar-refractivity contribution in [1.29, 1.82) is 0 Å². The highest BCUT2D eigenvalue weighted by Crippen LogP contribution is 2.22. The number of aromatic nitrogens is 2. The van der Waals surface area contributed by atoms with Gasteiger partial charge in [0.15, 0.2) is 0 Å². The number of phenolic OH excluding ortho intramolecular Hbond substituents is 1. The second-order valence-corrected chi connectivity index (χ2v) is 6.63. The maximum absolute atomic E-state index is 12.5. The zero-order valence-electron chi connectivity index (χ0n) is 16.1. The highest BCUT2D eigenvalue weighted by Gasteiger charge is 2.14. The van der Waals surface area contributed by atoms with Crippen LogP contribution < -0.4 is 10.2 Å². The molecule has 28 heavy (non-hydrogen) atoms. The van der Waals surface area contributed by atoms with E-state index in [2.05, 4.69) is 20.2 Å². The highest BCUT2D eigenvalue weighted by atomic mass is 16.3. The zero-order valence-corrected chi connectivity index (χ0v) is 16.1. The van der Waals surface area contributed by atoms with Crippen LogP contribution in [0.15, 0.2) is 60.9 Å². The lowest BCUT2D eigenvalue weighted by Crippen LogP contribution is -2.27. The quantitative estimate of drug-likeness (QED) is 0.662. The van der Waals surface area contributed by atoms with Crippen LogP contribution >= 0.6 is 0 Å². The number of hydrogen-bond donors (Lipinski definition) is 2. The van der Waals surface area contributed by atoms with Crippen molar-refractivity contribution in [2.24, 2.45) is 0 Å². The lowest BCUT2D eigenvalue weighted by molar-refractivity contribution is 0.0948. The monoisotopic (exact) mass is 376 g/mol. The van der Waals surface area contributed by atoms with Crippen LogP contribution in [0.3, 0.4) is 0 Å². The summed E-state index contributed by atoms with van der Waals surface area (Å²) in [6.45, 7) is 2.85. The molecule has 0 unspecified atom stereocenters. The highest BCUT2D eigenvalue weighted by molar-refractivity contribution is 5.97. The van der Waals surface area contributed by atoms with E-state index in [0.717, 1.165) is 30.0 Å². The van der Waals surface area contributed by atoms with Crippen LogP contribution in [0.2, 0.25) is 0 Å². The number of carbonyl (C=O) groups is 1. The Labute approximate surface area is 164 Å². The molecule has 0 aliphatic heterocycles. The Morgan fingerprint density at radius 1 is 1.07 bits per heavy atom. The number of aryl methyl sites for hydroxylation is 1. The largest absolute Gasteiger partial charge is 0.507 e. The maximum Gasteiger partial charge on any atom is 0.255 e. The third-order valence-corrected chi connectivity index (χ3v) is 4.58. The van der Waals surface area contributed by atoms with Gasteiger partial charge in [0.2, 0.25) is 0 Å². The number of para-hydroxylation sites is 1. The molecular formula is C22H24N4O2. The summed E-state index contributed by atoms with van der Waals surface area (Å²) in [4.78, 5) is 23.4. The zero-order chi connectivity index (χ0) is 19.9. The first-order chi connectivity index (χ1) is 13.6. The van der Waals surface area contributed by atoms with Crippen LogP contribution in [0.4, 0.5) is 5.82 Å². The average molecular weight is 376 g/mol. The van der Waals surface area contributed by atoms with Gasteiger partial charge in [-0.2, -0.15) is 0 Å². The molecule has 0 atom stereocenters. The minimum Gasteiger partial charge on any atom is -0.507 e. The molecule has 0 saturated heterocycles. The molecule has 3 aromatic rings. The number of hydrogen-bond acceptors (Lipinski definition) is 5. The van der Waals surface area contributed by atoms with Crippen molar-refractivity contribution in [3.05, 3.63) is 83.3 Å². The van der Waals surface area contributed by atoms with Gasteiger partial charge in [-0.25, -0.2) is 4.98 Å². The second kappa shape index (κ2) is 8.99. The fraction of sp³-hybridized carbons (Fsp3) is 0.227. The summed E-state index contributed by atoms with van der Waals surface area (Å²) in [6, 6.07) is 14.8. The summed E-state index contributed by atoms with van der Waals surface area (Å²) >= 11 is 0. The molecule has 0 radical (unpaired) electrons. The number of carbonyl (C=O) groups excluding carboxylic acids is 1. The molecule has 0 aliphatic carbocycles. The van der Waals surface area contributed by atoms with Crippen molar-refractivity contribution in [3.8, 4) is 5.75 Å². The van der Waals surface area contributed by atoms with Gasteiger partial charge in [-0.1, -0.05) is 24.3 Å². The number of aromatic hydroxyl groups is 1. The number of nitrogens with one attached hydrogen (secondary N) is 1. The number of likely N-dealkylation sites (N-methyl/N-ethyl adjacent to an activating group) is 1. The smallest absolute Gasteiger partial charge is 0.255 e. The van der Waals surface area contributed by atoms with Crippen LogP contribution in [-0.2, 0) is 13.0 Å². The lowest BCUT2D eigenvalue weighted by Gasteiger charge is -2.21. The van der Waals surface area contributed by atoms with Crippen molar-refractivity contribution in [2.75, 3.05) is 18.5 Å². The van der Waals surface area contributed by atoms with Gasteiger partial charge in [-0.15, -0.1) is 0 Å². The van der Waals surface area contributed by atoms with Gasteiger partial charge in [0.05, 0.1) is 5.56 Å². The Morgan fingerprint density at radius 3 is 2.68 bits per heavy atom. The van der Waals surface area contributed by atoms with E-state index in [4.69, 9.17) is 0 Å². The van der Waals surface area contributed by atoms with Crippen LogP contribution in [0.1, 0.15) is 27.2 Å². The lowest BCUT2D eigenvalue weighted by atomic mass is 10.1. The molecule has 2 N–H and O–H groups in total. The van der Waals surface area contributed by atoms with Gasteiger partial charge in [0, 0.05) is 50.2 Å². The number of pyridine rings is 2. The van der Waals surface area contributed by atoms with E-state index in [1.54, 1.807) is 37.5 Å². The molecule has 0 saturated carbocycles. The van der Waals surface area contributed by atoms with E-state index in [-0.39, 0.29) is 17.2 Å². The average Bonchev–Trinajstić information content (AvgIpc) is 2.73. The van der Waals surface area contributed by atoms with Gasteiger partial charge in [0.25, 0.3) is 5.91 Å². The molecule has 0 spiro atoms. The van der Waals surface area contributed by atoms with Gasteiger partial charge in [0.1, 0.15) is 11.6 Å². The Bertz CT molecular complexity index is 944. The standard InChI is InChI=1S/C22H24N4O2/c1-16-7-5-10-19(20(16)27)22(28)25-15-17-8-6-13-24-21(17)26(2)14-11-18-9-3-4-12-23-18/h3-10,12-13,27H,11,14-15H2,1-2H3,(H,25,28). The molecule has 2 aromatic heterocycles. The van der Waals surface area contributed by atoms with Gasteiger partial charge in [-0.05, 0) is 36.8 Å². The molecule has 1 amide bonds. The van der Waals surface area contributed by atoms with Crippen molar-refractivity contribution in [1.82, 2.24) is 15.3 Å². The molecule has 0 bridgehead atoms. The first-order valence-electron chi connectivity index (χ1n) is 9.18. The number of phenols is 1. The molecule has 3 rings (SSSR count). The summed E-state index contributed by atoms with van der Waals surface area (Å²) in [5.41, 5.74) is 2.87. The summed E-state index contributed by atoms with van der Waals surface area (Å²) in [5.74, 6) is 0.512. The molecule has 0 fully saturated rings. The third kappa shape index (κ3) is 4.65. The minimum absolute atomic E-state index is 0.0129. The van der Waals surface area contributed by atoms with Gasteiger partial charge < -0.3 is 15.3 Å². The van der Waals surface area contributed by atoms with Crippen LogP contribution in [0.25, 0.3) is 0 Å². The Morgan fingerprint density at radius 2 is 1.89 bits per heavy atom. The number of nitrogens with zero attached hydrogens (tertiary/aromatic N) is 3. The molecule has 144 valence electrons. The number of rotatable bonds is 7. The maximum atomic E-state index is 12.5. The Hall–Kier alpha value is -3.41. The predicted molar refractivity (Wildman–Crippen MR) is 109 cm³/mol. The van der Waals surface area contributed by atoms with Crippen LogP contribution in [-0.4, -0.2) is 34.6 Å². The fourth-order valence-electron chi connectivity index (χ4n) is 2.96.